The maximum Gasteiger partial charge on any atom is 0.104 e. The maximum absolute atomic E-state index is 9.92. The summed E-state index contributed by atoms with van der Waals surface area (Å²) >= 11 is 1.63. The first kappa shape index (κ1) is 12.3. The lowest BCUT2D eigenvalue weighted by Crippen LogP contribution is -2.51. The van der Waals surface area contributed by atoms with Crippen molar-refractivity contribution in [3.05, 3.63) is 0 Å². The predicted molar refractivity (Wildman–Crippen MR) is 63.5 cm³/mol. The number of aliphatic hydroxyl groups is 3. The fourth-order valence-corrected chi connectivity index (χ4v) is 3.83. The van der Waals surface area contributed by atoms with Gasteiger partial charge in [0.05, 0.1) is 17.2 Å². The Morgan fingerprint density at radius 3 is 2.75 bits per heavy atom. The molecular weight excluding hydrogens is 228 g/mol. The van der Waals surface area contributed by atoms with Gasteiger partial charge in [-0.1, -0.05) is 0 Å². The average Bonchev–Trinajstić information content (AvgIpc) is 2.67. The number of hydrogen-bond acceptors (Lipinski definition) is 6. The van der Waals surface area contributed by atoms with E-state index in [4.69, 9.17) is 10.8 Å². The highest BCUT2D eigenvalue weighted by molar-refractivity contribution is 8.14. The molecule has 2 rings (SSSR count). The van der Waals surface area contributed by atoms with Crippen molar-refractivity contribution < 1.29 is 15.3 Å². The Labute approximate surface area is 98.8 Å². The van der Waals surface area contributed by atoms with Crippen LogP contribution >= 0.6 is 11.8 Å². The molecule has 1 saturated carbocycles. The van der Waals surface area contributed by atoms with Gasteiger partial charge in [-0.15, -0.1) is 11.8 Å². The van der Waals surface area contributed by atoms with E-state index in [2.05, 4.69) is 4.99 Å². The van der Waals surface area contributed by atoms with Crippen LogP contribution in [0.1, 0.15) is 12.8 Å². The Bertz CT molecular complexity index is 287. The van der Waals surface area contributed by atoms with Crippen LogP contribution in [0.4, 0.5) is 0 Å². The summed E-state index contributed by atoms with van der Waals surface area (Å²) in [4.78, 5) is 4.41. The zero-order valence-electron chi connectivity index (χ0n) is 8.99. The number of thioether (sulfide) groups is 1. The summed E-state index contributed by atoms with van der Waals surface area (Å²) in [7, 11) is 0. The van der Waals surface area contributed by atoms with Crippen molar-refractivity contribution in [1.29, 1.82) is 0 Å². The van der Waals surface area contributed by atoms with E-state index in [1.54, 1.807) is 11.8 Å². The second-order valence-corrected chi connectivity index (χ2v) is 5.68. The number of aliphatic imine (C=N–C) groups is 1. The number of hydrogen-bond donors (Lipinski definition) is 4. The van der Waals surface area contributed by atoms with Crippen LogP contribution in [0.2, 0.25) is 0 Å². The van der Waals surface area contributed by atoms with Crippen LogP contribution in [0, 0.1) is 5.92 Å². The van der Waals surface area contributed by atoms with E-state index in [0.717, 1.165) is 11.5 Å². The number of nitrogens with zero attached hydrogens (tertiary/aromatic N) is 1. The van der Waals surface area contributed by atoms with Crippen LogP contribution in [0.5, 0.6) is 0 Å². The Hall–Kier alpha value is -0.140. The van der Waals surface area contributed by atoms with Crippen molar-refractivity contribution in [1.82, 2.24) is 0 Å². The summed E-state index contributed by atoms with van der Waals surface area (Å²) in [6.07, 6.45) is -0.308. The maximum atomic E-state index is 9.92. The highest BCUT2D eigenvalue weighted by Gasteiger charge is 2.46. The van der Waals surface area contributed by atoms with Gasteiger partial charge >= 0.3 is 0 Å². The number of aliphatic hydroxyl groups excluding tert-OH is 3. The molecule has 0 aromatic heterocycles. The molecule has 5 nitrogen and oxygen atoms in total. The van der Waals surface area contributed by atoms with E-state index in [1.807, 2.05) is 0 Å². The predicted octanol–water partition coefficient (Wildman–Crippen LogP) is -1.05. The minimum Gasteiger partial charge on any atom is -0.396 e. The summed E-state index contributed by atoms with van der Waals surface area (Å²) in [5, 5.41) is 30.0. The van der Waals surface area contributed by atoms with Crippen molar-refractivity contribution in [2.75, 3.05) is 13.2 Å². The Kier molecular flexibility index (Phi) is 3.86. The SMILES string of the molecule is NCCC1=N[C@@H]2[C@@H](O)[C@H](O)[C@@H](CO)C[C@@H]2S1. The van der Waals surface area contributed by atoms with Gasteiger partial charge in [0.15, 0.2) is 0 Å². The third kappa shape index (κ3) is 2.12. The normalized spacial score (nSPS) is 43.0. The number of rotatable bonds is 3. The lowest BCUT2D eigenvalue weighted by molar-refractivity contribution is -0.0646. The smallest absolute Gasteiger partial charge is 0.104 e. The molecule has 1 fully saturated rings. The standard InChI is InChI=1S/C10H18N2O3S/c11-2-1-7-12-8-6(16-7)3-5(4-13)9(14)10(8)15/h5-6,8-10,13-15H,1-4,11H2/t5-,6+,8+,9-,10-/m1/s1. The van der Waals surface area contributed by atoms with Crippen LogP contribution in [-0.4, -0.2) is 57.0 Å². The molecule has 0 amide bonds. The number of fused-ring (bicyclic) bond motifs is 1. The van der Waals surface area contributed by atoms with Crippen molar-refractivity contribution in [3.63, 3.8) is 0 Å². The van der Waals surface area contributed by atoms with Gasteiger partial charge in [-0.25, -0.2) is 0 Å². The highest BCUT2D eigenvalue weighted by Crippen LogP contribution is 2.40. The molecule has 0 saturated heterocycles. The first-order valence-electron chi connectivity index (χ1n) is 5.57. The second kappa shape index (κ2) is 5.01. The molecule has 1 heterocycles. The van der Waals surface area contributed by atoms with Gasteiger partial charge in [0.1, 0.15) is 6.10 Å². The van der Waals surface area contributed by atoms with Crippen molar-refractivity contribution in [3.8, 4) is 0 Å². The fraction of sp³-hybridized carbons (Fsp3) is 0.900. The first-order chi connectivity index (χ1) is 7.67. The molecule has 92 valence electrons. The molecule has 0 spiro atoms. The molecule has 5 atom stereocenters. The third-order valence-corrected chi connectivity index (χ3v) is 4.63. The van der Waals surface area contributed by atoms with E-state index in [-0.39, 0.29) is 23.8 Å². The van der Waals surface area contributed by atoms with Crippen molar-refractivity contribution in [2.24, 2.45) is 16.6 Å². The topological polar surface area (TPSA) is 99.1 Å². The van der Waals surface area contributed by atoms with Crippen LogP contribution in [0.3, 0.4) is 0 Å². The lowest BCUT2D eigenvalue weighted by atomic mass is 9.81. The van der Waals surface area contributed by atoms with E-state index >= 15 is 0 Å². The Balaban J connectivity index is 2.08. The zero-order valence-corrected chi connectivity index (χ0v) is 9.81. The summed E-state index contributed by atoms with van der Waals surface area (Å²) in [6.45, 7) is 0.460. The minimum atomic E-state index is -0.868. The highest BCUT2D eigenvalue weighted by atomic mass is 32.2. The summed E-state index contributed by atoms with van der Waals surface area (Å²) in [5.41, 5.74) is 5.47. The van der Waals surface area contributed by atoms with E-state index in [1.165, 1.54) is 0 Å². The summed E-state index contributed by atoms with van der Waals surface area (Å²) < 4.78 is 0. The summed E-state index contributed by atoms with van der Waals surface area (Å²) in [6, 6.07) is -0.232. The number of nitrogens with two attached hydrogens (primary N) is 1. The summed E-state index contributed by atoms with van der Waals surface area (Å²) in [5.74, 6) is -0.240. The van der Waals surface area contributed by atoms with Crippen LogP contribution in [0.25, 0.3) is 0 Å². The van der Waals surface area contributed by atoms with E-state index in [9.17, 15) is 10.2 Å². The molecule has 6 heteroatoms. The van der Waals surface area contributed by atoms with Gasteiger partial charge in [-0.05, 0) is 13.0 Å². The molecule has 16 heavy (non-hydrogen) atoms. The molecule has 0 aromatic carbocycles. The molecular formula is C10H18N2O3S. The van der Waals surface area contributed by atoms with Gasteiger partial charge in [0.2, 0.25) is 0 Å². The van der Waals surface area contributed by atoms with Crippen molar-refractivity contribution in [2.45, 2.75) is 36.3 Å². The largest absolute Gasteiger partial charge is 0.396 e. The molecule has 0 aromatic rings. The third-order valence-electron chi connectivity index (χ3n) is 3.27. The van der Waals surface area contributed by atoms with Gasteiger partial charge in [0.25, 0.3) is 0 Å². The van der Waals surface area contributed by atoms with Gasteiger partial charge in [-0.2, -0.15) is 0 Å². The Morgan fingerprint density at radius 1 is 1.38 bits per heavy atom. The first-order valence-corrected chi connectivity index (χ1v) is 6.45. The minimum absolute atomic E-state index is 0.0891. The van der Waals surface area contributed by atoms with Crippen LogP contribution in [0.15, 0.2) is 4.99 Å². The molecule has 0 unspecified atom stereocenters. The average molecular weight is 246 g/mol. The van der Waals surface area contributed by atoms with Gasteiger partial charge in [-0.3, -0.25) is 4.99 Å². The molecule has 0 radical (unpaired) electrons. The van der Waals surface area contributed by atoms with E-state index in [0.29, 0.717) is 13.0 Å². The quantitative estimate of drug-likeness (QED) is 0.509. The molecule has 5 N–H and O–H groups in total. The zero-order chi connectivity index (χ0) is 11.7. The lowest BCUT2D eigenvalue weighted by Gasteiger charge is -2.37. The van der Waals surface area contributed by atoms with E-state index < -0.39 is 12.2 Å². The molecule has 2 aliphatic rings. The van der Waals surface area contributed by atoms with Crippen LogP contribution < -0.4 is 5.73 Å². The van der Waals surface area contributed by atoms with Gasteiger partial charge < -0.3 is 21.1 Å². The second-order valence-electron chi connectivity index (χ2n) is 4.37. The van der Waals surface area contributed by atoms with Crippen LogP contribution in [-0.2, 0) is 0 Å². The molecule has 0 bridgehead atoms. The molecule has 1 aliphatic carbocycles. The Morgan fingerprint density at radius 2 is 2.12 bits per heavy atom. The van der Waals surface area contributed by atoms with Gasteiger partial charge in [0, 0.05) is 24.2 Å². The van der Waals surface area contributed by atoms with Crippen molar-refractivity contribution >= 4 is 16.8 Å². The fourth-order valence-electron chi connectivity index (χ4n) is 2.36. The monoisotopic (exact) mass is 246 g/mol. The molecule has 1 aliphatic heterocycles.